The van der Waals surface area contributed by atoms with Gasteiger partial charge < -0.3 is 5.32 Å². The van der Waals surface area contributed by atoms with Gasteiger partial charge in [-0.15, -0.1) is 0 Å². The monoisotopic (exact) mass is 393 g/mol. The number of hydrogen-bond acceptors (Lipinski definition) is 4. The second kappa shape index (κ2) is 14.5. The number of carbonyl (C=O) groups excluding carboxylic acids is 1. The zero-order valence-corrected chi connectivity index (χ0v) is 15.7. The van der Waals surface area contributed by atoms with Crippen molar-refractivity contribution in [2.75, 3.05) is 17.3 Å². The summed E-state index contributed by atoms with van der Waals surface area (Å²) in [5, 5.41) is 2.65. The predicted octanol–water partition coefficient (Wildman–Crippen LogP) is 2.60. The molecule has 0 fully saturated rings. The maximum atomic E-state index is 11.8. The molecular weight excluding hydrogens is 361 g/mol. The van der Waals surface area contributed by atoms with Crippen LogP contribution in [0, 0.1) is 0 Å². The van der Waals surface area contributed by atoms with E-state index < -0.39 is 21.4 Å². The van der Waals surface area contributed by atoms with Crippen LogP contribution in [0.4, 0.5) is 0 Å². The Morgan fingerprint density at radius 1 is 1.09 bits per heavy atom. The molecule has 0 aromatic rings. The fourth-order valence-corrected chi connectivity index (χ4v) is 4.11. The number of hydrogen-bond donors (Lipinski definition) is 2. The van der Waals surface area contributed by atoms with Gasteiger partial charge in [0.2, 0.25) is 5.91 Å². The third-order valence-electron chi connectivity index (χ3n) is 3.14. The molecular formula is C15H32KNO4S2. The first-order chi connectivity index (χ1) is 10.2. The average Bonchev–Trinajstić information content (AvgIpc) is 2.33. The van der Waals surface area contributed by atoms with Gasteiger partial charge in [0.25, 0.3) is 10.1 Å². The van der Waals surface area contributed by atoms with E-state index in [-0.39, 0.29) is 57.3 Å². The molecule has 134 valence electrons. The van der Waals surface area contributed by atoms with Gasteiger partial charge in [-0.25, -0.2) is 0 Å². The third kappa shape index (κ3) is 19.5. The van der Waals surface area contributed by atoms with Crippen molar-refractivity contribution in [2.24, 2.45) is 0 Å². The van der Waals surface area contributed by atoms with Crippen LogP contribution in [0.2, 0.25) is 0 Å². The summed E-state index contributed by atoms with van der Waals surface area (Å²) >= 11 is 1.76. The normalized spacial score (nSPS) is 11.8. The molecule has 5 nitrogen and oxygen atoms in total. The van der Waals surface area contributed by atoms with Crippen LogP contribution >= 0.6 is 11.8 Å². The van der Waals surface area contributed by atoms with Crippen molar-refractivity contribution in [3.63, 3.8) is 0 Å². The molecule has 2 N–H and O–H groups in total. The standard InChI is InChI=1S/C15H31NO4S2.K.H/c1-4-5-6-7-8-9-11-21-12-10-14(17)16-15(2,3)13-22(18,19)20;;/h4-13H2,1-3H3,(H,16,17)(H,18,19,20);;. The molecule has 0 rings (SSSR count). The van der Waals surface area contributed by atoms with Gasteiger partial charge in [0.05, 0.1) is 11.3 Å². The van der Waals surface area contributed by atoms with Gasteiger partial charge in [0, 0.05) is 12.2 Å². The summed E-state index contributed by atoms with van der Waals surface area (Å²) in [7, 11) is -4.09. The second-order valence-corrected chi connectivity index (χ2v) is 8.97. The molecule has 0 saturated heterocycles. The van der Waals surface area contributed by atoms with Crippen LogP contribution in [0.3, 0.4) is 0 Å². The number of thioether (sulfide) groups is 1. The number of unbranched alkanes of at least 4 members (excludes halogenated alkanes) is 5. The molecule has 0 atom stereocenters. The summed E-state index contributed by atoms with van der Waals surface area (Å²) in [5.41, 5.74) is -0.950. The second-order valence-electron chi connectivity index (χ2n) is 6.29. The van der Waals surface area contributed by atoms with E-state index in [1.807, 2.05) is 0 Å². The predicted molar refractivity (Wildman–Crippen MR) is 101 cm³/mol. The van der Waals surface area contributed by atoms with E-state index in [1.165, 1.54) is 38.5 Å². The average molecular weight is 394 g/mol. The summed E-state index contributed by atoms with van der Waals surface area (Å²) in [5.74, 6) is 1.15. The maximum absolute atomic E-state index is 11.8. The van der Waals surface area contributed by atoms with E-state index in [4.69, 9.17) is 4.55 Å². The quantitative estimate of drug-likeness (QED) is 0.285. The molecule has 0 aliphatic heterocycles. The molecule has 1 amide bonds. The first-order valence-corrected chi connectivity index (χ1v) is 10.8. The summed E-state index contributed by atoms with van der Waals surface area (Å²) in [6, 6.07) is 0. The molecule has 0 aliphatic rings. The minimum atomic E-state index is -4.09. The molecule has 23 heavy (non-hydrogen) atoms. The van der Waals surface area contributed by atoms with E-state index >= 15 is 0 Å². The van der Waals surface area contributed by atoms with Crippen LogP contribution < -0.4 is 5.32 Å². The van der Waals surface area contributed by atoms with Crippen LogP contribution in [0.1, 0.15) is 65.7 Å². The van der Waals surface area contributed by atoms with E-state index in [0.29, 0.717) is 6.42 Å². The molecule has 0 bridgehead atoms. The van der Waals surface area contributed by atoms with Crippen molar-refractivity contribution in [2.45, 2.75) is 71.3 Å². The Kier molecular flexibility index (Phi) is 16.8. The third-order valence-corrected chi connectivity index (χ3v) is 5.29. The van der Waals surface area contributed by atoms with E-state index in [9.17, 15) is 13.2 Å². The molecule has 0 aromatic carbocycles. The number of rotatable bonds is 13. The Bertz CT molecular complexity index is 414. The molecule has 0 heterocycles. The summed E-state index contributed by atoms with van der Waals surface area (Å²) < 4.78 is 30.5. The van der Waals surface area contributed by atoms with E-state index in [2.05, 4.69) is 12.2 Å². The number of carbonyl (C=O) groups is 1. The fraction of sp³-hybridized carbons (Fsp3) is 0.933. The first kappa shape index (κ1) is 26.6. The Balaban J connectivity index is 0. The summed E-state index contributed by atoms with van der Waals surface area (Å²) in [6.45, 7) is 5.38. The van der Waals surface area contributed by atoms with E-state index in [1.54, 1.807) is 25.6 Å². The van der Waals surface area contributed by atoms with Crippen molar-refractivity contribution in [1.29, 1.82) is 0 Å². The van der Waals surface area contributed by atoms with Gasteiger partial charge in [0.1, 0.15) is 0 Å². The van der Waals surface area contributed by atoms with Gasteiger partial charge in [0.15, 0.2) is 0 Å². The van der Waals surface area contributed by atoms with Crippen molar-refractivity contribution >= 4 is 79.2 Å². The van der Waals surface area contributed by atoms with Gasteiger partial charge in [-0.05, 0) is 26.0 Å². The van der Waals surface area contributed by atoms with Crippen LogP contribution in [0.25, 0.3) is 0 Å². The van der Waals surface area contributed by atoms with Crippen molar-refractivity contribution < 1.29 is 17.8 Å². The van der Waals surface area contributed by atoms with Gasteiger partial charge in [-0.2, -0.15) is 20.2 Å². The van der Waals surface area contributed by atoms with Crippen molar-refractivity contribution in [1.82, 2.24) is 5.32 Å². The Morgan fingerprint density at radius 2 is 1.65 bits per heavy atom. The SMILES string of the molecule is CCCCCCCCSCCC(=O)NC(C)(C)CS(=O)(=O)O.[KH]. The number of nitrogens with one attached hydrogen (secondary N) is 1. The van der Waals surface area contributed by atoms with Crippen molar-refractivity contribution in [3.8, 4) is 0 Å². The molecule has 0 aliphatic carbocycles. The zero-order chi connectivity index (χ0) is 17.1. The van der Waals surface area contributed by atoms with Crippen LogP contribution in [0.5, 0.6) is 0 Å². The first-order valence-electron chi connectivity index (χ1n) is 8.00. The summed E-state index contributed by atoms with van der Waals surface area (Å²) in [6.07, 6.45) is 7.98. The van der Waals surface area contributed by atoms with Crippen LogP contribution in [0.15, 0.2) is 0 Å². The van der Waals surface area contributed by atoms with E-state index in [0.717, 1.165) is 11.5 Å². The zero-order valence-electron chi connectivity index (χ0n) is 14.1. The molecule has 0 saturated carbocycles. The molecule has 0 aromatic heterocycles. The molecule has 0 radical (unpaired) electrons. The Labute approximate surface area is 188 Å². The van der Waals surface area contributed by atoms with Gasteiger partial charge >= 0.3 is 51.4 Å². The fourth-order valence-electron chi connectivity index (χ4n) is 2.18. The van der Waals surface area contributed by atoms with Crippen molar-refractivity contribution in [3.05, 3.63) is 0 Å². The summed E-state index contributed by atoms with van der Waals surface area (Å²) in [4.78, 5) is 11.8. The molecule has 0 unspecified atom stereocenters. The Hall–Kier alpha value is 1.37. The molecule has 0 spiro atoms. The van der Waals surface area contributed by atoms with Gasteiger partial charge in [-0.3, -0.25) is 9.35 Å². The number of amides is 1. The van der Waals surface area contributed by atoms with Gasteiger partial charge in [-0.1, -0.05) is 39.0 Å². The molecule has 8 heteroatoms. The van der Waals surface area contributed by atoms with Crippen LogP contribution in [-0.2, 0) is 14.9 Å². The minimum absolute atomic E-state index is 0. The topological polar surface area (TPSA) is 83.5 Å². The van der Waals surface area contributed by atoms with Crippen LogP contribution in [-0.4, -0.2) is 93.1 Å². The Morgan fingerprint density at radius 3 is 2.22 bits per heavy atom.